The van der Waals surface area contributed by atoms with Crippen LogP contribution in [0.5, 0.6) is 0 Å². The van der Waals surface area contributed by atoms with Crippen molar-refractivity contribution in [2.24, 2.45) is 0 Å². The highest BCUT2D eigenvalue weighted by molar-refractivity contribution is 7.13. The Morgan fingerprint density at radius 1 is 1.03 bits per heavy atom. The predicted molar refractivity (Wildman–Crippen MR) is 115 cm³/mol. The van der Waals surface area contributed by atoms with Crippen LogP contribution in [0, 0.1) is 6.92 Å². The molecule has 4 heterocycles. The molecule has 0 aliphatic carbocycles. The molecule has 1 aliphatic rings. The zero-order valence-corrected chi connectivity index (χ0v) is 17.8. The normalized spacial score (nSPS) is 14.8. The van der Waals surface area contributed by atoms with E-state index in [1.165, 1.54) is 0 Å². The van der Waals surface area contributed by atoms with Crippen LogP contribution in [0.1, 0.15) is 22.0 Å². The summed E-state index contributed by atoms with van der Waals surface area (Å²) < 4.78 is 10.8. The number of nitrogens with zero attached hydrogens (tertiary/aromatic N) is 5. The van der Waals surface area contributed by atoms with Gasteiger partial charge >= 0.3 is 0 Å². The van der Waals surface area contributed by atoms with Crippen LogP contribution >= 0.6 is 11.3 Å². The molecule has 158 valence electrons. The molecule has 1 amide bonds. The summed E-state index contributed by atoms with van der Waals surface area (Å²) in [6.07, 6.45) is 0. The van der Waals surface area contributed by atoms with Gasteiger partial charge < -0.3 is 13.9 Å². The Labute approximate surface area is 183 Å². The van der Waals surface area contributed by atoms with Crippen molar-refractivity contribution >= 4 is 17.2 Å². The van der Waals surface area contributed by atoms with E-state index in [1.807, 2.05) is 52.7 Å². The zero-order valence-electron chi connectivity index (χ0n) is 17.0. The van der Waals surface area contributed by atoms with Gasteiger partial charge in [0.1, 0.15) is 17.0 Å². The molecular formula is C22H21N5O3S. The third-order valence-electron chi connectivity index (χ3n) is 5.35. The molecule has 5 rings (SSSR count). The number of hydrogen-bond donors (Lipinski definition) is 0. The van der Waals surface area contributed by atoms with E-state index in [9.17, 15) is 4.79 Å². The molecule has 1 saturated heterocycles. The standard InChI is InChI=1S/C22H21N5O3S/c1-15-19(20(24-29-15)16-6-3-2-4-7-16)22(28)27-11-9-26(10-12-27)14-18-23-21(25-30-18)17-8-5-13-31-17/h2-8,13H,9-12,14H2,1H3. The minimum absolute atomic E-state index is 0.0463. The van der Waals surface area contributed by atoms with E-state index in [4.69, 9.17) is 9.05 Å². The van der Waals surface area contributed by atoms with Crippen LogP contribution in [0.3, 0.4) is 0 Å². The molecule has 1 aromatic carbocycles. The maximum atomic E-state index is 13.2. The number of aromatic nitrogens is 3. The molecule has 1 aliphatic heterocycles. The lowest BCUT2D eigenvalue weighted by molar-refractivity contribution is 0.0614. The quantitative estimate of drug-likeness (QED) is 0.472. The molecule has 0 radical (unpaired) electrons. The maximum Gasteiger partial charge on any atom is 0.259 e. The molecule has 0 N–H and O–H groups in total. The van der Waals surface area contributed by atoms with E-state index >= 15 is 0 Å². The molecule has 0 bridgehead atoms. The highest BCUT2D eigenvalue weighted by Crippen LogP contribution is 2.27. The second-order valence-corrected chi connectivity index (χ2v) is 8.33. The van der Waals surface area contributed by atoms with Crippen molar-refractivity contribution in [2.75, 3.05) is 26.2 Å². The number of carbonyl (C=O) groups excluding carboxylic acids is 1. The first kappa shape index (κ1) is 19.7. The Morgan fingerprint density at radius 2 is 1.84 bits per heavy atom. The summed E-state index contributed by atoms with van der Waals surface area (Å²) in [5.74, 6) is 1.70. The second-order valence-electron chi connectivity index (χ2n) is 7.39. The van der Waals surface area contributed by atoms with Crippen LogP contribution in [0.4, 0.5) is 0 Å². The Balaban J connectivity index is 1.23. The number of amides is 1. The largest absolute Gasteiger partial charge is 0.360 e. The molecule has 0 saturated carbocycles. The predicted octanol–water partition coefficient (Wildman–Crippen LogP) is 3.72. The smallest absolute Gasteiger partial charge is 0.259 e. The van der Waals surface area contributed by atoms with Crippen molar-refractivity contribution in [1.82, 2.24) is 25.1 Å². The van der Waals surface area contributed by atoms with Crippen molar-refractivity contribution in [3.8, 4) is 22.0 Å². The first-order valence-electron chi connectivity index (χ1n) is 10.1. The summed E-state index contributed by atoms with van der Waals surface area (Å²) in [6, 6.07) is 13.6. The molecule has 8 nitrogen and oxygen atoms in total. The van der Waals surface area contributed by atoms with E-state index in [0.717, 1.165) is 23.5 Å². The summed E-state index contributed by atoms with van der Waals surface area (Å²) >= 11 is 1.58. The zero-order chi connectivity index (χ0) is 21.2. The maximum absolute atomic E-state index is 13.2. The van der Waals surface area contributed by atoms with Gasteiger partial charge in [0.05, 0.1) is 11.4 Å². The lowest BCUT2D eigenvalue weighted by Crippen LogP contribution is -2.48. The molecule has 3 aromatic heterocycles. The Hall–Kier alpha value is -3.30. The molecule has 0 atom stereocenters. The van der Waals surface area contributed by atoms with E-state index < -0.39 is 0 Å². The fourth-order valence-corrected chi connectivity index (χ4v) is 4.35. The minimum Gasteiger partial charge on any atom is -0.360 e. The average molecular weight is 436 g/mol. The summed E-state index contributed by atoms with van der Waals surface area (Å²) in [4.78, 5) is 22.8. The summed E-state index contributed by atoms with van der Waals surface area (Å²) in [6.45, 7) is 5.04. The highest BCUT2D eigenvalue weighted by atomic mass is 32.1. The number of thiophene rings is 1. The molecule has 31 heavy (non-hydrogen) atoms. The highest BCUT2D eigenvalue weighted by Gasteiger charge is 2.29. The van der Waals surface area contributed by atoms with Crippen LogP contribution < -0.4 is 0 Å². The van der Waals surface area contributed by atoms with E-state index in [0.29, 0.717) is 48.4 Å². The van der Waals surface area contributed by atoms with Crippen LogP contribution in [-0.4, -0.2) is 57.2 Å². The van der Waals surface area contributed by atoms with Gasteiger partial charge in [0.2, 0.25) is 11.7 Å². The number of carbonyl (C=O) groups is 1. The number of piperazine rings is 1. The third-order valence-corrected chi connectivity index (χ3v) is 6.22. The number of aryl methyl sites for hydroxylation is 1. The first-order chi connectivity index (χ1) is 15.2. The van der Waals surface area contributed by atoms with Gasteiger partial charge in [-0.15, -0.1) is 11.3 Å². The summed E-state index contributed by atoms with van der Waals surface area (Å²) in [5.41, 5.74) is 2.01. The Bertz CT molecular complexity index is 1160. The molecule has 0 unspecified atom stereocenters. The van der Waals surface area contributed by atoms with E-state index in [2.05, 4.69) is 20.2 Å². The fraction of sp³-hybridized carbons (Fsp3) is 0.273. The van der Waals surface area contributed by atoms with Gasteiger partial charge in [0.25, 0.3) is 5.91 Å². The summed E-state index contributed by atoms with van der Waals surface area (Å²) in [7, 11) is 0. The van der Waals surface area contributed by atoms with Crippen LogP contribution in [0.2, 0.25) is 0 Å². The van der Waals surface area contributed by atoms with Crippen LogP contribution in [0.25, 0.3) is 22.0 Å². The Morgan fingerprint density at radius 3 is 2.58 bits per heavy atom. The van der Waals surface area contributed by atoms with Gasteiger partial charge in [-0.25, -0.2) is 0 Å². The van der Waals surface area contributed by atoms with Gasteiger partial charge in [-0.3, -0.25) is 9.69 Å². The number of hydrogen-bond acceptors (Lipinski definition) is 8. The monoisotopic (exact) mass is 435 g/mol. The number of benzene rings is 1. The SMILES string of the molecule is Cc1onc(-c2ccccc2)c1C(=O)N1CCN(Cc2nc(-c3cccs3)no2)CC1. The third kappa shape index (κ3) is 4.01. The summed E-state index contributed by atoms with van der Waals surface area (Å²) in [5, 5.41) is 10.2. The average Bonchev–Trinajstić information content (AvgIpc) is 3.55. The van der Waals surface area contributed by atoms with Crippen molar-refractivity contribution in [3.05, 3.63) is 65.1 Å². The van der Waals surface area contributed by atoms with E-state index in [-0.39, 0.29) is 5.91 Å². The Kier molecular flexibility index (Phi) is 5.35. The molecular weight excluding hydrogens is 414 g/mol. The molecule has 0 spiro atoms. The molecule has 4 aromatic rings. The minimum atomic E-state index is -0.0463. The lowest BCUT2D eigenvalue weighted by Gasteiger charge is -2.33. The molecule has 9 heteroatoms. The van der Waals surface area contributed by atoms with Gasteiger partial charge in [0.15, 0.2) is 0 Å². The topological polar surface area (TPSA) is 88.5 Å². The van der Waals surface area contributed by atoms with Gasteiger partial charge in [-0.1, -0.05) is 46.7 Å². The fourth-order valence-electron chi connectivity index (χ4n) is 3.70. The van der Waals surface area contributed by atoms with Crippen molar-refractivity contribution < 1.29 is 13.8 Å². The van der Waals surface area contributed by atoms with Crippen molar-refractivity contribution in [2.45, 2.75) is 13.5 Å². The van der Waals surface area contributed by atoms with Gasteiger partial charge in [-0.2, -0.15) is 4.98 Å². The first-order valence-corrected chi connectivity index (χ1v) is 11.0. The van der Waals surface area contributed by atoms with Gasteiger partial charge in [0, 0.05) is 31.7 Å². The van der Waals surface area contributed by atoms with Crippen molar-refractivity contribution in [3.63, 3.8) is 0 Å². The van der Waals surface area contributed by atoms with E-state index in [1.54, 1.807) is 18.3 Å². The molecule has 1 fully saturated rings. The van der Waals surface area contributed by atoms with Crippen molar-refractivity contribution in [1.29, 1.82) is 0 Å². The van der Waals surface area contributed by atoms with Gasteiger partial charge in [-0.05, 0) is 18.4 Å². The van der Waals surface area contributed by atoms with Crippen LogP contribution in [-0.2, 0) is 6.54 Å². The van der Waals surface area contributed by atoms with Crippen LogP contribution in [0.15, 0.2) is 56.9 Å². The second kappa shape index (κ2) is 8.44. The lowest BCUT2D eigenvalue weighted by atomic mass is 10.0. The number of rotatable bonds is 5.